The van der Waals surface area contributed by atoms with Gasteiger partial charge in [-0.05, 0) is 48.4 Å². The van der Waals surface area contributed by atoms with E-state index in [1.807, 2.05) is 49.4 Å². The molecule has 0 fully saturated rings. The molecule has 1 aliphatic rings. The number of anilines is 1. The summed E-state index contributed by atoms with van der Waals surface area (Å²) < 4.78 is 16.4. The van der Waals surface area contributed by atoms with Crippen molar-refractivity contribution < 1.29 is 28.6 Å². The Balaban J connectivity index is 1.60. The Labute approximate surface area is 243 Å². The second kappa shape index (κ2) is 13.6. The summed E-state index contributed by atoms with van der Waals surface area (Å²) in [5.74, 6) is -0.291. The Morgan fingerprint density at radius 3 is 2.42 bits per heavy atom. The number of esters is 1. The van der Waals surface area contributed by atoms with Gasteiger partial charge in [0.1, 0.15) is 12.4 Å². The summed E-state index contributed by atoms with van der Waals surface area (Å²) in [5.41, 5.74) is 2.30. The minimum atomic E-state index is -1.11. The molecule has 1 heterocycles. The van der Waals surface area contributed by atoms with Gasteiger partial charge in [0, 0.05) is 36.5 Å². The lowest BCUT2D eigenvalue weighted by molar-refractivity contribution is -0.152. The fourth-order valence-corrected chi connectivity index (χ4v) is 5.97. The quantitative estimate of drug-likeness (QED) is 0.281. The largest absolute Gasteiger partial charge is 0.497 e. The number of carbonyl (C=O) groups excluding carboxylic acids is 3. The van der Waals surface area contributed by atoms with Gasteiger partial charge in [0.2, 0.25) is 0 Å². The van der Waals surface area contributed by atoms with Crippen LogP contribution in [0.25, 0.3) is 0 Å². The number of amides is 2. The lowest BCUT2D eigenvalue weighted by Crippen LogP contribution is -2.46. The van der Waals surface area contributed by atoms with Gasteiger partial charge in [0.05, 0.1) is 18.0 Å². The molecule has 3 aromatic carbocycles. The highest BCUT2D eigenvalue weighted by Crippen LogP contribution is 2.47. The number of benzene rings is 3. The van der Waals surface area contributed by atoms with E-state index in [9.17, 15) is 14.4 Å². The summed E-state index contributed by atoms with van der Waals surface area (Å²) in [4.78, 5) is 42.9. The van der Waals surface area contributed by atoms with Gasteiger partial charge in [-0.25, -0.2) is 4.79 Å². The molecule has 10 heteroatoms. The van der Waals surface area contributed by atoms with E-state index in [1.54, 1.807) is 42.3 Å². The summed E-state index contributed by atoms with van der Waals surface area (Å²) in [6.07, 6.45) is -1.59. The number of ether oxygens (including phenoxy) is 3. The fourth-order valence-electron chi connectivity index (χ4n) is 4.37. The summed E-state index contributed by atoms with van der Waals surface area (Å²) >= 11 is 7.75. The predicted molar refractivity (Wildman–Crippen MR) is 155 cm³/mol. The van der Waals surface area contributed by atoms with Gasteiger partial charge in [0.25, 0.3) is 5.91 Å². The smallest absolute Gasteiger partial charge is 0.410 e. The van der Waals surface area contributed by atoms with Gasteiger partial charge >= 0.3 is 12.1 Å². The molecule has 0 saturated heterocycles. The molecule has 210 valence electrons. The molecule has 0 N–H and O–H groups in total. The predicted octanol–water partition coefficient (Wildman–Crippen LogP) is 6.12. The van der Waals surface area contributed by atoms with E-state index in [0.29, 0.717) is 23.0 Å². The summed E-state index contributed by atoms with van der Waals surface area (Å²) in [6.45, 7) is 4.04. The molecule has 4 rings (SSSR count). The number of likely N-dealkylation sites (N-methyl/N-ethyl adjacent to an activating group) is 1. The molecule has 0 bridgehead atoms. The van der Waals surface area contributed by atoms with Crippen molar-refractivity contribution >= 4 is 47.0 Å². The molecule has 1 aliphatic heterocycles. The van der Waals surface area contributed by atoms with Crippen LogP contribution in [0.4, 0.5) is 10.5 Å². The number of methoxy groups -OCH3 is 1. The summed E-state index contributed by atoms with van der Waals surface area (Å²) in [6, 6.07) is 22.0. The highest BCUT2D eigenvalue weighted by molar-refractivity contribution is 7.99. The van der Waals surface area contributed by atoms with Crippen LogP contribution in [0.3, 0.4) is 0 Å². The van der Waals surface area contributed by atoms with Crippen molar-refractivity contribution in [1.29, 1.82) is 0 Å². The Kier molecular flexibility index (Phi) is 9.95. The van der Waals surface area contributed by atoms with E-state index in [1.165, 1.54) is 23.6 Å². The number of hydrogen-bond acceptors (Lipinski definition) is 7. The van der Waals surface area contributed by atoms with Gasteiger partial charge in [-0.1, -0.05) is 54.1 Å². The maximum Gasteiger partial charge on any atom is 0.410 e. The molecule has 0 aromatic heterocycles. The first-order chi connectivity index (χ1) is 19.3. The van der Waals surface area contributed by atoms with E-state index in [0.717, 1.165) is 16.0 Å². The number of carbonyl (C=O) groups is 3. The van der Waals surface area contributed by atoms with Gasteiger partial charge < -0.3 is 24.0 Å². The Hall–Kier alpha value is -3.69. The third-order valence-electron chi connectivity index (χ3n) is 6.43. The van der Waals surface area contributed by atoms with Crippen molar-refractivity contribution in [1.82, 2.24) is 4.90 Å². The van der Waals surface area contributed by atoms with Crippen LogP contribution in [0.15, 0.2) is 77.7 Å². The highest BCUT2D eigenvalue weighted by Gasteiger charge is 2.41. The number of halogens is 1. The molecule has 3 aromatic rings. The SMILES string of the molecule is CCN(CCN1C(=O)[C@@H](OC(C)=O)[C@@H](c2ccc(OC)cc2)Sc2cc(Cl)ccc21)C(=O)OCc1ccccc1. The highest BCUT2D eigenvalue weighted by atomic mass is 35.5. The molecule has 2 amide bonds. The number of rotatable bonds is 9. The standard InChI is InChI=1S/C30H31ClN2O6S/c1-4-32(30(36)38-19-21-8-6-5-7-9-21)16-17-33-25-15-12-23(31)18-26(25)40-28(27(29(33)35)39-20(2)34)22-10-13-24(37-3)14-11-22/h5-15,18,27-28H,4,16-17,19H2,1-3H3/t27-,28+/m0/s1. The van der Waals surface area contributed by atoms with Gasteiger partial charge in [0.15, 0.2) is 6.10 Å². The normalized spacial score (nSPS) is 16.5. The zero-order valence-corrected chi connectivity index (χ0v) is 24.1. The third-order valence-corrected chi connectivity index (χ3v) is 8.02. The van der Waals surface area contributed by atoms with Crippen molar-refractivity contribution in [3.05, 3.63) is 88.9 Å². The second-order valence-corrected chi connectivity index (χ2v) is 10.7. The molecule has 0 spiro atoms. The lowest BCUT2D eigenvalue weighted by atomic mass is 10.1. The van der Waals surface area contributed by atoms with Crippen molar-refractivity contribution in [2.75, 3.05) is 31.6 Å². The van der Waals surface area contributed by atoms with Crippen LogP contribution in [0.1, 0.15) is 30.2 Å². The third kappa shape index (κ3) is 7.08. The maximum atomic E-state index is 14.1. The van der Waals surface area contributed by atoms with Gasteiger partial charge in [-0.15, -0.1) is 11.8 Å². The summed E-state index contributed by atoms with van der Waals surface area (Å²) in [7, 11) is 1.58. The molecular formula is C30H31ClN2O6S. The lowest BCUT2D eigenvalue weighted by Gasteiger charge is -2.29. The van der Waals surface area contributed by atoms with Crippen LogP contribution in [-0.4, -0.2) is 55.7 Å². The fraction of sp³-hybridized carbons (Fsp3) is 0.300. The van der Waals surface area contributed by atoms with Crippen LogP contribution in [0.2, 0.25) is 5.02 Å². The Bertz CT molecular complexity index is 1340. The van der Waals surface area contributed by atoms with Gasteiger partial charge in [-0.2, -0.15) is 0 Å². The second-order valence-electron chi connectivity index (χ2n) is 9.06. The first-order valence-electron chi connectivity index (χ1n) is 12.8. The number of fused-ring (bicyclic) bond motifs is 1. The molecule has 0 aliphatic carbocycles. The first kappa shape index (κ1) is 29.3. The van der Waals surface area contributed by atoms with E-state index in [4.69, 9.17) is 25.8 Å². The van der Waals surface area contributed by atoms with Crippen LogP contribution < -0.4 is 9.64 Å². The van der Waals surface area contributed by atoms with Crippen LogP contribution in [-0.2, 0) is 25.7 Å². The zero-order chi connectivity index (χ0) is 28.6. The van der Waals surface area contributed by atoms with E-state index in [-0.39, 0.29) is 19.7 Å². The van der Waals surface area contributed by atoms with E-state index < -0.39 is 29.3 Å². The maximum absolute atomic E-state index is 14.1. The van der Waals surface area contributed by atoms with Crippen LogP contribution in [0, 0.1) is 0 Å². The zero-order valence-electron chi connectivity index (χ0n) is 22.5. The van der Waals surface area contributed by atoms with E-state index >= 15 is 0 Å². The minimum Gasteiger partial charge on any atom is -0.497 e. The van der Waals surface area contributed by atoms with Crippen LogP contribution >= 0.6 is 23.4 Å². The minimum absolute atomic E-state index is 0.148. The summed E-state index contributed by atoms with van der Waals surface area (Å²) in [5, 5.41) is -0.0274. The van der Waals surface area contributed by atoms with Crippen molar-refractivity contribution in [2.45, 2.75) is 36.7 Å². The molecule has 8 nitrogen and oxygen atoms in total. The molecule has 0 radical (unpaired) electrons. The van der Waals surface area contributed by atoms with Crippen molar-refractivity contribution in [2.24, 2.45) is 0 Å². The van der Waals surface area contributed by atoms with E-state index in [2.05, 4.69) is 0 Å². The topological polar surface area (TPSA) is 85.4 Å². The monoisotopic (exact) mass is 582 g/mol. The molecule has 0 unspecified atom stereocenters. The molecule has 0 saturated carbocycles. The number of thioether (sulfide) groups is 1. The molecule has 2 atom stereocenters. The van der Waals surface area contributed by atoms with Crippen LogP contribution in [0.5, 0.6) is 5.75 Å². The average Bonchev–Trinajstić information content (AvgIpc) is 3.06. The Morgan fingerprint density at radius 2 is 1.77 bits per heavy atom. The number of nitrogens with zero attached hydrogens (tertiary/aromatic N) is 2. The number of hydrogen-bond donors (Lipinski definition) is 0. The molecular weight excluding hydrogens is 552 g/mol. The van der Waals surface area contributed by atoms with Gasteiger partial charge in [-0.3, -0.25) is 9.59 Å². The molecule has 40 heavy (non-hydrogen) atoms. The first-order valence-corrected chi connectivity index (χ1v) is 14.1. The average molecular weight is 583 g/mol. The van der Waals surface area contributed by atoms with Crippen molar-refractivity contribution in [3.63, 3.8) is 0 Å². The Morgan fingerprint density at radius 1 is 1.05 bits per heavy atom. The van der Waals surface area contributed by atoms with Crippen molar-refractivity contribution in [3.8, 4) is 5.75 Å².